The standard InChI is InChI=1S/C24H22N2/c1-5-18-9-10-20(13-17(18)3)24-16(2)7-6-8-21(24)19-11-12-23-22(14-19)25-15-26(23)4/h5-15H,1H2,2-4H3. The predicted octanol–water partition coefficient (Wildman–Crippen LogP) is 6.17. The molecule has 0 unspecified atom stereocenters. The van der Waals surface area contributed by atoms with E-state index in [1.54, 1.807) is 0 Å². The molecule has 0 amide bonds. The maximum absolute atomic E-state index is 4.52. The second-order valence-corrected chi connectivity index (χ2v) is 6.83. The quantitative estimate of drug-likeness (QED) is 0.437. The third-order valence-corrected chi connectivity index (χ3v) is 5.09. The molecule has 1 heterocycles. The van der Waals surface area contributed by atoms with Crippen molar-refractivity contribution in [3.8, 4) is 22.3 Å². The van der Waals surface area contributed by atoms with Crippen LogP contribution in [-0.4, -0.2) is 9.55 Å². The summed E-state index contributed by atoms with van der Waals surface area (Å²) >= 11 is 0. The van der Waals surface area contributed by atoms with Crippen molar-refractivity contribution in [2.24, 2.45) is 7.05 Å². The van der Waals surface area contributed by atoms with E-state index in [0.717, 1.165) is 11.0 Å². The molecule has 0 N–H and O–H groups in total. The Bertz CT molecular complexity index is 1130. The smallest absolute Gasteiger partial charge is 0.0955 e. The number of imidazole rings is 1. The fourth-order valence-corrected chi connectivity index (χ4v) is 3.66. The Morgan fingerprint density at radius 2 is 1.73 bits per heavy atom. The average Bonchev–Trinajstić information content (AvgIpc) is 3.02. The maximum atomic E-state index is 4.52. The molecule has 0 bridgehead atoms. The highest BCUT2D eigenvalue weighted by Crippen LogP contribution is 2.36. The van der Waals surface area contributed by atoms with Gasteiger partial charge in [0.05, 0.1) is 17.4 Å². The van der Waals surface area contributed by atoms with Crippen LogP contribution in [0, 0.1) is 13.8 Å². The number of nitrogens with zero attached hydrogens (tertiary/aromatic N) is 2. The zero-order valence-corrected chi connectivity index (χ0v) is 15.5. The lowest BCUT2D eigenvalue weighted by atomic mass is 9.89. The molecule has 0 aliphatic rings. The highest BCUT2D eigenvalue weighted by molar-refractivity contribution is 5.90. The Kier molecular flexibility index (Phi) is 3.96. The summed E-state index contributed by atoms with van der Waals surface area (Å²) in [6, 6.07) is 19.6. The molecule has 0 atom stereocenters. The van der Waals surface area contributed by atoms with Crippen LogP contribution in [0.25, 0.3) is 39.4 Å². The Labute approximate surface area is 154 Å². The predicted molar refractivity (Wildman–Crippen MR) is 111 cm³/mol. The third kappa shape index (κ3) is 2.64. The van der Waals surface area contributed by atoms with Gasteiger partial charge in [0.2, 0.25) is 0 Å². The Hall–Kier alpha value is -3.13. The number of hydrogen-bond donors (Lipinski definition) is 0. The van der Waals surface area contributed by atoms with Crippen LogP contribution in [0.4, 0.5) is 0 Å². The summed E-state index contributed by atoms with van der Waals surface area (Å²) in [5.74, 6) is 0. The molecule has 0 fully saturated rings. The van der Waals surface area contributed by atoms with Gasteiger partial charge < -0.3 is 4.57 Å². The van der Waals surface area contributed by atoms with Crippen molar-refractivity contribution in [3.63, 3.8) is 0 Å². The first-order chi connectivity index (χ1) is 12.6. The highest BCUT2D eigenvalue weighted by Gasteiger charge is 2.12. The Balaban J connectivity index is 1.93. The molecule has 0 saturated carbocycles. The molecule has 0 saturated heterocycles. The van der Waals surface area contributed by atoms with E-state index in [9.17, 15) is 0 Å². The van der Waals surface area contributed by atoms with Crippen molar-refractivity contribution in [1.29, 1.82) is 0 Å². The third-order valence-electron chi connectivity index (χ3n) is 5.09. The van der Waals surface area contributed by atoms with Crippen LogP contribution in [0.1, 0.15) is 16.7 Å². The minimum Gasteiger partial charge on any atom is -0.334 e. The molecule has 2 heteroatoms. The van der Waals surface area contributed by atoms with Crippen LogP contribution in [0.15, 0.2) is 67.5 Å². The summed E-state index contributed by atoms with van der Waals surface area (Å²) in [5.41, 5.74) is 10.8. The van der Waals surface area contributed by atoms with Gasteiger partial charge in [0.15, 0.2) is 0 Å². The van der Waals surface area contributed by atoms with Crippen LogP contribution in [0.3, 0.4) is 0 Å². The fourth-order valence-electron chi connectivity index (χ4n) is 3.66. The van der Waals surface area contributed by atoms with Crippen LogP contribution in [0.5, 0.6) is 0 Å². The van der Waals surface area contributed by atoms with Crippen molar-refractivity contribution in [3.05, 3.63) is 84.2 Å². The van der Waals surface area contributed by atoms with Gasteiger partial charge in [-0.3, -0.25) is 0 Å². The van der Waals surface area contributed by atoms with E-state index in [2.05, 4.69) is 80.0 Å². The normalized spacial score (nSPS) is 11.0. The van der Waals surface area contributed by atoms with Gasteiger partial charge in [-0.05, 0) is 64.9 Å². The largest absolute Gasteiger partial charge is 0.334 e. The minimum atomic E-state index is 1.02. The van der Waals surface area contributed by atoms with E-state index in [-0.39, 0.29) is 0 Å². The number of benzene rings is 3. The lowest BCUT2D eigenvalue weighted by molar-refractivity contribution is 0.948. The van der Waals surface area contributed by atoms with Crippen molar-refractivity contribution in [2.75, 3.05) is 0 Å². The second-order valence-electron chi connectivity index (χ2n) is 6.83. The van der Waals surface area contributed by atoms with E-state index >= 15 is 0 Å². The number of rotatable bonds is 3. The van der Waals surface area contributed by atoms with Gasteiger partial charge in [-0.15, -0.1) is 0 Å². The first-order valence-corrected chi connectivity index (χ1v) is 8.83. The fraction of sp³-hybridized carbons (Fsp3) is 0.125. The zero-order chi connectivity index (χ0) is 18.3. The number of aromatic nitrogens is 2. The first-order valence-electron chi connectivity index (χ1n) is 8.83. The molecular formula is C24H22N2. The second kappa shape index (κ2) is 6.30. The monoisotopic (exact) mass is 338 g/mol. The van der Waals surface area contributed by atoms with Gasteiger partial charge in [-0.2, -0.15) is 0 Å². The molecule has 4 rings (SSSR count). The van der Waals surface area contributed by atoms with E-state index in [4.69, 9.17) is 0 Å². The highest BCUT2D eigenvalue weighted by atomic mass is 15.0. The molecule has 26 heavy (non-hydrogen) atoms. The molecule has 0 spiro atoms. The van der Waals surface area contributed by atoms with E-state index < -0.39 is 0 Å². The van der Waals surface area contributed by atoms with Gasteiger partial charge >= 0.3 is 0 Å². The van der Waals surface area contributed by atoms with E-state index in [0.29, 0.717) is 0 Å². The summed E-state index contributed by atoms with van der Waals surface area (Å²) in [6.45, 7) is 8.21. The number of fused-ring (bicyclic) bond motifs is 1. The van der Waals surface area contributed by atoms with Crippen LogP contribution < -0.4 is 0 Å². The molecule has 2 nitrogen and oxygen atoms in total. The van der Waals surface area contributed by atoms with Gasteiger partial charge in [0.1, 0.15) is 0 Å². The molecule has 1 aromatic heterocycles. The van der Waals surface area contributed by atoms with Gasteiger partial charge in [0, 0.05) is 7.05 Å². The summed E-state index contributed by atoms with van der Waals surface area (Å²) in [6.07, 6.45) is 3.77. The van der Waals surface area contributed by atoms with Gasteiger partial charge in [-0.1, -0.05) is 55.1 Å². The van der Waals surface area contributed by atoms with E-state index in [1.807, 2.05) is 24.0 Å². The van der Waals surface area contributed by atoms with Crippen LogP contribution in [-0.2, 0) is 7.05 Å². The average molecular weight is 338 g/mol. The van der Waals surface area contributed by atoms with Gasteiger partial charge in [0.25, 0.3) is 0 Å². The Morgan fingerprint density at radius 3 is 2.50 bits per heavy atom. The molecule has 0 aliphatic carbocycles. The lowest BCUT2D eigenvalue weighted by Gasteiger charge is -2.15. The maximum Gasteiger partial charge on any atom is 0.0955 e. The first kappa shape index (κ1) is 16.3. The van der Waals surface area contributed by atoms with Crippen molar-refractivity contribution in [1.82, 2.24) is 9.55 Å². The summed E-state index contributed by atoms with van der Waals surface area (Å²) in [5, 5.41) is 0. The topological polar surface area (TPSA) is 17.8 Å². The zero-order valence-electron chi connectivity index (χ0n) is 15.5. The molecule has 0 aliphatic heterocycles. The molecule has 4 aromatic rings. The van der Waals surface area contributed by atoms with Crippen molar-refractivity contribution in [2.45, 2.75) is 13.8 Å². The summed E-state index contributed by atoms with van der Waals surface area (Å²) in [4.78, 5) is 4.52. The number of aryl methyl sites for hydroxylation is 3. The van der Waals surface area contributed by atoms with Gasteiger partial charge in [-0.25, -0.2) is 4.98 Å². The van der Waals surface area contributed by atoms with Crippen LogP contribution >= 0.6 is 0 Å². The van der Waals surface area contributed by atoms with Crippen molar-refractivity contribution >= 4 is 17.1 Å². The van der Waals surface area contributed by atoms with Crippen LogP contribution in [0.2, 0.25) is 0 Å². The van der Waals surface area contributed by atoms with E-state index in [1.165, 1.54) is 38.9 Å². The molecular weight excluding hydrogens is 316 g/mol. The summed E-state index contributed by atoms with van der Waals surface area (Å²) < 4.78 is 2.05. The summed E-state index contributed by atoms with van der Waals surface area (Å²) in [7, 11) is 2.02. The molecule has 3 aromatic carbocycles. The molecule has 0 radical (unpaired) electrons. The lowest BCUT2D eigenvalue weighted by Crippen LogP contribution is -1.91. The van der Waals surface area contributed by atoms with Crippen molar-refractivity contribution < 1.29 is 0 Å². The number of hydrogen-bond acceptors (Lipinski definition) is 1. The molecule has 128 valence electrons. The SMILES string of the molecule is C=Cc1ccc(-c2c(C)cccc2-c2ccc3c(c2)ncn3C)cc1C. The Morgan fingerprint density at radius 1 is 0.923 bits per heavy atom. The minimum absolute atomic E-state index is 1.02.